The summed E-state index contributed by atoms with van der Waals surface area (Å²) < 4.78 is 31.6. The number of rotatable bonds is 7. The zero-order chi connectivity index (χ0) is 20.0. The van der Waals surface area contributed by atoms with Crippen molar-refractivity contribution in [2.75, 3.05) is 13.6 Å². The van der Waals surface area contributed by atoms with E-state index in [2.05, 4.69) is 25.5 Å². The zero-order valence-electron chi connectivity index (χ0n) is 16.4. The van der Waals surface area contributed by atoms with Gasteiger partial charge in [0.25, 0.3) is 0 Å². The van der Waals surface area contributed by atoms with Gasteiger partial charge in [-0.05, 0) is 38.8 Å². The number of aliphatic imine (C=N–C) groups is 1. The second kappa shape index (κ2) is 9.34. The highest BCUT2D eigenvalue weighted by Gasteiger charge is 2.11. The Hall–Kier alpha value is -2.64. The average Bonchev–Trinajstić information content (AvgIpc) is 2.85. The Morgan fingerprint density at radius 1 is 1.26 bits per heavy atom. The molecule has 0 fully saturated rings. The van der Waals surface area contributed by atoms with Crippen LogP contribution in [0.3, 0.4) is 0 Å². The van der Waals surface area contributed by atoms with Gasteiger partial charge in [-0.25, -0.2) is 0 Å². The van der Waals surface area contributed by atoms with Gasteiger partial charge in [-0.3, -0.25) is 9.67 Å². The molecule has 1 aromatic heterocycles. The molecule has 2 N–H and O–H groups in total. The van der Waals surface area contributed by atoms with Gasteiger partial charge in [-0.15, -0.1) is 0 Å². The first kappa shape index (κ1) is 20.7. The largest absolute Gasteiger partial charge is 0.434 e. The molecule has 0 aliphatic heterocycles. The lowest BCUT2D eigenvalue weighted by Crippen LogP contribution is -2.38. The lowest BCUT2D eigenvalue weighted by atomic mass is 10.1. The summed E-state index contributed by atoms with van der Waals surface area (Å²) >= 11 is 0. The lowest BCUT2D eigenvalue weighted by Gasteiger charge is -2.15. The first-order chi connectivity index (χ1) is 12.8. The topological polar surface area (TPSA) is 63.5 Å². The van der Waals surface area contributed by atoms with Crippen molar-refractivity contribution in [3.8, 4) is 5.75 Å². The Morgan fingerprint density at radius 2 is 2.00 bits per heavy atom. The minimum Gasteiger partial charge on any atom is -0.434 e. The molecule has 0 aliphatic rings. The van der Waals surface area contributed by atoms with Gasteiger partial charge in [0.15, 0.2) is 5.96 Å². The number of halogens is 2. The summed E-state index contributed by atoms with van der Waals surface area (Å²) in [5.74, 6) is 0.763. The van der Waals surface area contributed by atoms with Crippen molar-refractivity contribution >= 4 is 5.96 Å². The third kappa shape index (κ3) is 5.67. The van der Waals surface area contributed by atoms with Gasteiger partial charge in [-0.1, -0.05) is 17.7 Å². The Morgan fingerprint density at radius 3 is 2.59 bits per heavy atom. The molecule has 0 spiro atoms. The molecule has 0 radical (unpaired) electrons. The molecule has 2 aromatic rings. The van der Waals surface area contributed by atoms with E-state index >= 15 is 0 Å². The van der Waals surface area contributed by atoms with Crippen molar-refractivity contribution in [1.29, 1.82) is 0 Å². The summed E-state index contributed by atoms with van der Waals surface area (Å²) in [6, 6.07) is 5.12. The fraction of sp³-hybridized carbons (Fsp3) is 0.474. The van der Waals surface area contributed by atoms with Crippen molar-refractivity contribution in [3.05, 3.63) is 46.3 Å². The molecule has 6 nitrogen and oxygen atoms in total. The number of nitrogens with one attached hydrogen (secondary N) is 2. The molecule has 0 aliphatic carbocycles. The van der Waals surface area contributed by atoms with Crippen LogP contribution in [-0.2, 0) is 20.0 Å². The van der Waals surface area contributed by atoms with Crippen LogP contribution in [0.15, 0.2) is 23.2 Å². The molecule has 8 heteroatoms. The monoisotopic (exact) mass is 379 g/mol. The van der Waals surface area contributed by atoms with E-state index in [1.807, 2.05) is 38.6 Å². The van der Waals surface area contributed by atoms with E-state index in [9.17, 15) is 8.78 Å². The van der Waals surface area contributed by atoms with Crippen LogP contribution >= 0.6 is 0 Å². The molecule has 148 valence electrons. The Kier molecular flexibility index (Phi) is 7.15. The van der Waals surface area contributed by atoms with Crippen LogP contribution in [0.5, 0.6) is 5.75 Å². The molecule has 0 saturated heterocycles. The second-order valence-electron chi connectivity index (χ2n) is 6.37. The number of aromatic nitrogens is 2. The minimum atomic E-state index is -2.85. The van der Waals surface area contributed by atoms with Crippen molar-refractivity contribution in [2.24, 2.45) is 12.0 Å². The third-order valence-electron chi connectivity index (χ3n) is 4.43. The number of benzene rings is 1. The molecule has 0 atom stereocenters. The number of ether oxygens (including phenoxy) is 1. The molecule has 0 bridgehead atoms. The maximum atomic E-state index is 12.6. The summed E-state index contributed by atoms with van der Waals surface area (Å²) in [5.41, 5.74) is 5.00. The van der Waals surface area contributed by atoms with Crippen LogP contribution in [0.4, 0.5) is 8.78 Å². The molecule has 2 rings (SSSR count). The molecular formula is C19H27F2N5O. The normalized spacial score (nSPS) is 11.8. The smallest absolute Gasteiger partial charge is 0.387 e. The predicted molar refractivity (Wildman–Crippen MR) is 102 cm³/mol. The van der Waals surface area contributed by atoms with E-state index in [0.717, 1.165) is 23.4 Å². The maximum absolute atomic E-state index is 12.6. The Balaban J connectivity index is 1.93. The van der Waals surface area contributed by atoms with Gasteiger partial charge >= 0.3 is 6.61 Å². The summed E-state index contributed by atoms with van der Waals surface area (Å²) in [6.07, 6.45) is 0.816. The Labute approximate surface area is 158 Å². The van der Waals surface area contributed by atoms with Gasteiger partial charge in [-0.2, -0.15) is 13.9 Å². The van der Waals surface area contributed by atoms with Crippen molar-refractivity contribution in [2.45, 2.75) is 40.3 Å². The average molecular weight is 379 g/mol. The van der Waals surface area contributed by atoms with Crippen molar-refractivity contribution in [1.82, 2.24) is 20.4 Å². The van der Waals surface area contributed by atoms with Crippen LogP contribution < -0.4 is 15.4 Å². The van der Waals surface area contributed by atoms with E-state index in [1.165, 1.54) is 5.56 Å². The summed E-state index contributed by atoms with van der Waals surface area (Å²) in [6.45, 7) is 4.11. The van der Waals surface area contributed by atoms with E-state index in [4.69, 9.17) is 0 Å². The molecule has 0 saturated carbocycles. The molecule has 0 amide bonds. The maximum Gasteiger partial charge on any atom is 0.387 e. The second-order valence-corrected chi connectivity index (χ2v) is 6.37. The number of nitrogens with zero attached hydrogens (tertiary/aromatic N) is 3. The quantitative estimate of drug-likeness (QED) is 0.574. The number of guanidine groups is 1. The molecule has 1 aromatic carbocycles. The van der Waals surface area contributed by atoms with Crippen LogP contribution in [0, 0.1) is 20.8 Å². The summed E-state index contributed by atoms with van der Waals surface area (Å²) in [5, 5.41) is 10.8. The Bertz CT molecular complexity index is 802. The fourth-order valence-electron chi connectivity index (χ4n) is 2.94. The van der Waals surface area contributed by atoms with Gasteiger partial charge in [0, 0.05) is 38.4 Å². The van der Waals surface area contributed by atoms with Crippen LogP contribution in [0.25, 0.3) is 0 Å². The zero-order valence-corrected chi connectivity index (χ0v) is 16.4. The van der Waals surface area contributed by atoms with E-state index in [1.54, 1.807) is 19.2 Å². The van der Waals surface area contributed by atoms with E-state index in [0.29, 0.717) is 24.6 Å². The number of aryl methyl sites for hydroxylation is 3. The summed E-state index contributed by atoms with van der Waals surface area (Å²) in [7, 11) is 3.60. The summed E-state index contributed by atoms with van der Waals surface area (Å²) in [4.78, 5) is 4.18. The van der Waals surface area contributed by atoms with Crippen LogP contribution in [-0.4, -0.2) is 35.9 Å². The van der Waals surface area contributed by atoms with E-state index < -0.39 is 6.61 Å². The number of hydrogen-bond acceptors (Lipinski definition) is 3. The molecule has 1 heterocycles. The SMILES string of the molecule is CN=C(NCCc1c(C)nn(C)c1C)NCc1cc(C)ccc1OC(F)F. The lowest BCUT2D eigenvalue weighted by molar-refractivity contribution is -0.0504. The van der Waals surface area contributed by atoms with Gasteiger partial charge in [0.2, 0.25) is 0 Å². The van der Waals surface area contributed by atoms with Gasteiger partial charge < -0.3 is 15.4 Å². The third-order valence-corrected chi connectivity index (χ3v) is 4.43. The van der Waals surface area contributed by atoms with Crippen molar-refractivity contribution < 1.29 is 13.5 Å². The number of alkyl halides is 2. The van der Waals surface area contributed by atoms with Crippen LogP contribution in [0.1, 0.15) is 28.1 Å². The number of hydrogen-bond donors (Lipinski definition) is 2. The standard InChI is InChI=1S/C19H27F2N5O/c1-12-6-7-17(27-18(20)21)15(10-12)11-24-19(22-4)23-9-8-16-13(2)25-26(5)14(16)3/h6-7,10,18H,8-9,11H2,1-5H3,(H2,22,23,24). The van der Waals surface area contributed by atoms with Crippen LogP contribution in [0.2, 0.25) is 0 Å². The highest BCUT2D eigenvalue weighted by atomic mass is 19.3. The van der Waals surface area contributed by atoms with Crippen molar-refractivity contribution in [3.63, 3.8) is 0 Å². The minimum absolute atomic E-state index is 0.167. The van der Waals surface area contributed by atoms with Gasteiger partial charge in [0.1, 0.15) is 5.75 Å². The fourth-order valence-corrected chi connectivity index (χ4v) is 2.94. The molecular weight excluding hydrogens is 352 g/mol. The first-order valence-electron chi connectivity index (χ1n) is 8.79. The predicted octanol–water partition coefficient (Wildman–Crippen LogP) is 2.85. The highest BCUT2D eigenvalue weighted by molar-refractivity contribution is 5.79. The highest BCUT2D eigenvalue weighted by Crippen LogP contribution is 2.22. The van der Waals surface area contributed by atoms with Gasteiger partial charge in [0.05, 0.1) is 5.69 Å². The molecule has 0 unspecified atom stereocenters. The van der Waals surface area contributed by atoms with E-state index in [-0.39, 0.29) is 5.75 Å². The first-order valence-corrected chi connectivity index (χ1v) is 8.79. The molecule has 27 heavy (non-hydrogen) atoms.